The number of ether oxygens (including phenoxy) is 1. The molecule has 1 unspecified atom stereocenters. The van der Waals surface area contributed by atoms with Crippen molar-refractivity contribution >= 4 is 5.97 Å². The Labute approximate surface area is 159 Å². The summed E-state index contributed by atoms with van der Waals surface area (Å²) in [7, 11) is 0. The van der Waals surface area contributed by atoms with Crippen LogP contribution in [0.1, 0.15) is 35.8 Å². The zero-order valence-corrected chi connectivity index (χ0v) is 15.2. The highest BCUT2D eigenvalue weighted by molar-refractivity contribution is 5.81. The number of carbonyl (C=O) groups is 1. The summed E-state index contributed by atoms with van der Waals surface area (Å²) in [5, 5.41) is 0. The minimum absolute atomic E-state index is 0.0335. The Hall–Kier alpha value is -2.98. The average Bonchev–Trinajstić information content (AvgIpc) is 3.46. The molecule has 1 fully saturated rings. The molecule has 1 aromatic heterocycles. The summed E-state index contributed by atoms with van der Waals surface area (Å²) in [5.74, 6) is -0.190. The van der Waals surface area contributed by atoms with E-state index in [4.69, 9.17) is 4.74 Å². The monoisotopic (exact) mass is 358 g/mol. The Morgan fingerprint density at radius 2 is 1.56 bits per heavy atom. The lowest BCUT2D eigenvalue weighted by atomic mass is 9.98. The molecule has 2 heterocycles. The standard InChI is InChI=1S/C23H22N2O2/c1-2-27-23(26)22-21(19-15-9-10-16-24-19)25(22)20(17-11-5-3-6-12-17)18-13-7-4-8-14-18/h3-16,20-22H,2H2,1H3/t21-,22-,25?/m0/s1. The lowest BCUT2D eigenvalue weighted by Gasteiger charge is -2.21. The number of benzene rings is 2. The second-order valence-electron chi connectivity index (χ2n) is 6.57. The number of hydrogen-bond acceptors (Lipinski definition) is 4. The Morgan fingerprint density at radius 1 is 0.963 bits per heavy atom. The van der Waals surface area contributed by atoms with Crippen LogP contribution in [0.25, 0.3) is 0 Å². The van der Waals surface area contributed by atoms with E-state index in [1.54, 1.807) is 6.20 Å². The second kappa shape index (κ2) is 7.72. The van der Waals surface area contributed by atoms with Crippen molar-refractivity contribution < 1.29 is 9.53 Å². The summed E-state index contributed by atoms with van der Waals surface area (Å²) >= 11 is 0. The molecule has 27 heavy (non-hydrogen) atoms. The van der Waals surface area contributed by atoms with Crippen molar-refractivity contribution in [3.8, 4) is 0 Å². The van der Waals surface area contributed by atoms with Gasteiger partial charge in [0, 0.05) is 6.20 Å². The molecule has 0 spiro atoms. The van der Waals surface area contributed by atoms with Gasteiger partial charge in [-0.3, -0.25) is 14.7 Å². The van der Waals surface area contributed by atoms with Crippen LogP contribution in [-0.2, 0) is 9.53 Å². The third-order valence-electron chi connectivity index (χ3n) is 4.90. The first-order valence-corrected chi connectivity index (χ1v) is 9.26. The number of nitrogens with zero attached hydrogens (tertiary/aromatic N) is 2. The van der Waals surface area contributed by atoms with Crippen LogP contribution in [0.2, 0.25) is 0 Å². The van der Waals surface area contributed by atoms with Crippen molar-refractivity contribution in [2.24, 2.45) is 0 Å². The highest BCUT2D eigenvalue weighted by Gasteiger charge is 2.58. The molecule has 3 aromatic rings. The van der Waals surface area contributed by atoms with E-state index in [1.807, 2.05) is 61.5 Å². The zero-order valence-electron chi connectivity index (χ0n) is 15.2. The summed E-state index contributed by atoms with van der Waals surface area (Å²) in [6.07, 6.45) is 1.77. The first-order valence-electron chi connectivity index (χ1n) is 9.26. The lowest BCUT2D eigenvalue weighted by Crippen LogP contribution is -2.20. The van der Waals surface area contributed by atoms with Gasteiger partial charge in [0.2, 0.25) is 0 Å². The highest BCUT2D eigenvalue weighted by atomic mass is 16.5. The number of aromatic nitrogens is 1. The van der Waals surface area contributed by atoms with E-state index >= 15 is 0 Å². The fourth-order valence-corrected chi connectivity index (χ4v) is 3.72. The fourth-order valence-electron chi connectivity index (χ4n) is 3.72. The van der Waals surface area contributed by atoms with Crippen molar-refractivity contribution in [3.05, 3.63) is 102 Å². The van der Waals surface area contributed by atoms with Gasteiger partial charge in [0.15, 0.2) is 0 Å². The van der Waals surface area contributed by atoms with Gasteiger partial charge in [-0.15, -0.1) is 0 Å². The molecule has 0 N–H and O–H groups in total. The molecule has 0 aliphatic carbocycles. The number of carbonyl (C=O) groups excluding carboxylic acids is 1. The molecule has 4 rings (SSSR count). The summed E-state index contributed by atoms with van der Waals surface area (Å²) in [5.41, 5.74) is 3.19. The first-order chi connectivity index (χ1) is 13.3. The second-order valence-corrected chi connectivity index (χ2v) is 6.57. The third-order valence-corrected chi connectivity index (χ3v) is 4.90. The molecule has 1 saturated heterocycles. The Morgan fingerprint density at radius 3 is 2.07 bits per heavy atom. The minimum Gasteiger partial charge on any atom is -0.465 e. The van der Waals surface area contributed by atoms with Gasteiger partial charge in [0.1, 0.15) is 6.04 Å². The molecular weight excluding hydrogens is 336 g/mol. The maximum Gasteiger partial charge on any atom is 0.325 e. The Balaban J connectivity index is 1.76. The molecule has 0 radical (unpaired) electrons. The molecule has 1 aliphatic heterocycles. The molecule has 4 heteroatoms. The smallest absolute Gasteiger partial charge is 0.325 e. The van der Waals surface area contributed by atoms with Crippen LogP contribution in [0.5, 0.6) is 0 Å². The average molecular weight is 358 g/mol. The van der Waals surface area contributed by atoms with Crippen LogP contribution in [0.3, 0.4) is 0 Å². The number of pyridine rings is 1. The van der Waals surface area contributed by atoms with Crippen LogP contribution in [0.15, 0.2) is 85.1 Å². The quantitative estimate of drug-likeness (QED) is 0.490. The minimum atomic E-state index is -0.328. The fraction of sp³-hybridized carbons (Fsp3) is 0.217. The van der Waals surface area contributed by atoms with Gasteiger partial charge in [-0.25, -0.2) is 0 Å². The molecule has 1 aliphatic rings. The van der Waals surface area contributed by atoms with Crippen LogP contribution < -0.4 is 0 Å². The van der Waals surface area contributed by atoms with Gasteiger partial charge >= 0.3 is 5.97 Å². The van der Waals surface area contributed by atoms with E-state index in [0.717, 1.165) is 16.8 Å². The topological polar surface area (TPSA) is 42.2 Å². The van der Waals surface area contributed by atoms with Crippen LogP contribution in [0.4, 0.5) is 0 Å². The van der Waals surface area contributed by atoms with Gasteiger partial charge in [-0.1, -0.05) is 66.7 Å². The molecule has 3 atom stereocenters. The van der Waals surface area contributed by atoms with E-state index < -0.39 is 0 Å². The van der Waals surface area contributed by atoms with E-state index in [2.05, 4.69) is 34.1 Å². The molecule has 136 valence electrons. The predicted molar refractivity (Wildman–Crippen MR) is 104 cm³/mol. The van der Waals surface area contributed by atoms with E-state index in [-0.39, 0.29) is 24.1 Å². The Kier molecular flexibility index (Phi) is 4.99. The van der Waals surface area contributed by atoms with Crippen molar-refractivity contribution in [2.75, 3.05) is 6.61 Å². The van der Waals surface area contributed by atoms with Gasteiger partial charge in [0.25, 0.3) is 0 Å². The largest absolute Gasteiger partial charge is 0.465 e. The molecule has 2 aromatic carbocycles. The van der Waals surface area contributed by atoms with Gasteiger partial charge in [0.05, 0.1) is 24.4 Å². The summed E-state index contributed by atoms with van der Waals surface area (Å²) in [6, 6.07) is 25.9. The first kappa shape index (κ1) is 17.4. The summed E-state index contributed by atoms with van der Waals surface area (Å²) in [6.45, 7) is 2.21. The van der Waals surface area contributed by atoms with Crippen LogP contribution >= 0.6 is 0 Å². The molecule has 0 amide bonds. The maximum atomic E-state index is 12.7. The Bertz CT molecular complexity index is 845. The molecule has 0 saturated carbocycles. The molecule has 4 nitrogen and oxygen atoms in total. The van der Waals surface area contributed by atoms with Crippen molar-refractivity contribution in [2.45, 2.75) is 25.0 Å². The SMILES string of the molecule is CCOC(=O)[C@@H]1[C@H](c2ccccn2)N1C(c1ccccc1)c1ccccc1. The number of esters is 1. The van der Waals surface area contributed by atoms with Crippen LogP contribution in [-0.4, -0.2) is 28.5 Å². The van der Waals surface area contributed by atoms with Crippen molar-refractivity contribution in [1.82, 2.24) is 9.88 Å². The van der Waals surface area contributed by atoms with Crippen molar-refractivity contribution in [3.63, 3.8) is 0 Å². The molecule has 0 bridgehead atoms. The van der Waals surface area contributed by atoms with Gasteiger partial charge in [-0.05, 0) is 30.2 Å². The zero-order chi connectivity index (χ0) is 18.6. The number of rotatable bonds is 6. The molecular formula is C23H22N2O2. The van der Waals surface area contributed by atoms with Crippen LogP contribution in [0, 0.1) is 0 Å². The van der Waals surface area contributed by atoms with Gasteiger partial charge < -0.3 is 4.74 Å². The van der Waals surface area contributed by atoms with E-state index in [9.17, 15) is 4.79 Å². The third kappa shape index (κ3) is 3.49. The highest BCUT2D eigenvalue weighted by Crippen LogP contribution is 2.51. The van der Waals surface area contributed by atoms with Gasteiger partial charge in [-0.2, -0.15) is 0 Å². The van der Waals surface area contributed by atoms with Crippen molar-refractivity contribution in [1.29, 1.82) is 0 Å². The van der Waals surface area contributed by atoms with E-state index in [1.165, 1.54) is 0 Å². The number of hydrogen-bond donors (Lipinski definition) is 0. The lowest BCUT2D eigenvalue weighted by molar-refractivity contribution is -0.143. The summed E-state index contributed by atoms with van der Waals surface area (Å²) in [4.78, 5) is 19.4. The predicted octanol–water partition coefficient (Wildman–Crippen LogP) is 4.16. The summed E-state index contributed by atoms with van der Waals surface area (Å²) < 4.78 is 5.36. The maximum absolute atomic E-state index is 12.7. The van der Waals surface area contributed by atoms with E-state index in [0.29, 0.717) is 6.61 Å². The normalized spacial score (nSPS) is 21.0.